The van der Waals surface area contributed by atoms with Crippen LogP contribution in [0, 0.1) is 5.92 Å². The number of thioether (sulfide) groups is 1. The van der Waals surface area contributed by atoms with E-state index in [1.165, 1.54) is 0 Å². The number of hydrogen-bond donors (Lipinski definition) is 2. The Morgan fingerprint density at radius 2 is 2.43 bits per heavy atom. The standard InChI is InChI=1S/C16H26N2O2S/c1-12(2)18-16(15(17)19)8-3-5-13(16)7-10-21-11-14-6-4-9-20-14/h4,6,9,12-13,18H,3,5,7-8,10-11H2,1-2H3,(H2,17,19). The van der Waals surface area contributed by atoms with Gasteiger partial charge < -0.3 is 15.5 Å². The molecular weight excluding hydrogens is 284 g/mol. The van der Waals surface area contributed by atoms with Gasteiger partial charge in [0.1, 0.15) is 11.3 Å². The van der Waals surface area contributed by atoms with Crippen molar-refractivity contribution in [2.45, 2.75) is 56.9 Å². The van der Waals surface area contributed by atoms with Gasteiger partial charge in [-0.1, -0.05) is 6.42 Å². The van der Waals surface area contributed by atoms with Crippen LogP contribution in [0.3, 0.4) is 0 Å². The summed E-state index contributed by atoms with van der Waals surface area (Å²) in [5.41, 5.74) is 5.23. The van der Waals surface area contributed by atoms with E-state index in [0.29, 0.717) is 5.92 Å². The van der Waals surface area contributed by atoms with Crippen molar-refractivity contribution in [3.05, 3.63) is 24.2 Å². The van der Waals surface area contributed by atoms with Crippen LogP contribution in [-0.2, 0) is 10.5 Å². The first-order valence-electron chi connectivity index (χ1n) is 7.72. The summed E-state index contributed by atoms with van der Waals surface area (Å²) in [6.07, 6.45) is 5.76. The maximum absolute atomic E-state index is 12.0. The van der Waals surface area contributed by atoms with Gasteiger partial charge in [-0.15, -0.1) is 0 Å². The summed E-state index contributed by atoms with van der Waals surface area (Å²) in [6, 6.07) is 4.18. The van der Waals surface area contributed by atoms with Crippen LogP contribution in [0.2, 0.25) is 0 Å². The van der Waals surface area contributed by atoms with Crippen LogP contribution >= 0.6 is 11.8 Å². The van der Waals surface area contributed by atoms with Gasteiger partial charge >= 0.3 is 0 Å². The van der Waals surface area contributed by atoms with Crippen molar-refractivity contribution in [1.82, 2.24) is 5.32 Å². The molecule has 118 valence electrons. The molecule has 1 aromatic rings. The van der Waals surface area contributed by atoms with Gasteiger partial charge in [-0.3, -0.25) is 4.79 Å². The molecule has 0 spiro atoms. The molecule has 0 aliphatic heterocycles. The fourth-order valence-electron chi connectivity index (χ4n) is 3.36. The zero-order chi connectivity index (χ0) is 15.3. The molecule has 0 radical (unpaired) electrons. The van der Waals surface area contributed by atoms with E-state index in [0.717, 1.165) is 42.9 Å². The van der Waals surface area contributed by atoms with E-state index in [1.807, 2.05) is 23.9 Å². The van der Waals surface area contributed by atoms with Crippen LogP contribution in [-0.4, -0.2) is 23.2 Å². The first-order valence-corrected chi connectivity index (χ1v) is 8.88. The molecule has 1 aliphatic rings. The number of nitrogens with two attached hydrogens (primary N) is 1. The third-order valence-electron chi connectivity index (χ3n) is 4.24. The molecule has 2 rings (SSSR count). The minimum atomic E-state index is -0.501. The lowest BCUT2D eigenvalue weighted by Crippen LogP contribution is -2.60. The molecule has 1 aliphatic carbocycles. The predicted molar refractivity (Wildman–Crippen MR) is 87.0 cm³/mol. The smallest absolute Gasteiger partial charge is 0.238 e. The summed E-state index contributed by atoms with van der Waals surface area (Å²) in [5.74, 6) is 3.09. The highest BCUT2D eigenvalue weighted by molar-refractivity contribution is 7.98. The quantitative estimate of drug-likeness (QED) is 0.724. The lowest BCUT2D eigenvalue weighted by Gasteiger charge is -2.35. The number of amides is 1. The zero-order valence-corrected chi connectivity index (χ0v) is 13.7. The number of primary amides is 1. The lowest BCUT2D eigenvalue weighted by atomic mass is 9.83. The van der Waals surface area contributed by atoms with Gasteiger partial charge in [0, 0.05) is 6.04 Å². The Morgan fingerprint density at radius 1 is 1.62 bits per heavy atom. The normalized spacial score (nSPS) is 25.6. The minimum Gasteiger partial charge on any atom is -0.468 e. The fourth-order valence-corrected chi connectivity index (χ4v) is 4.32. The highest BCUT2D eigenvalue weighted by atomic mass is 32.2. The SMILES string of the molecule is CC(C)NC1(C(N)=O)CCCC1CCSCc1ccco1. The second-order valence-electron chi connectivity index (χ2n) is 6.14. The third-order valence-corrected chi connectivity index (χ3v) is 5.25. The van der Waals surface area contributed by atoms with E-state index < -0.39 is 5.54 Å². The van der Waals surface area contributed by atoms with E-state index >= 15 is 0 Å². The molecule has 1 fully saturated rings. The van der Waals surface area contributed by atoms with Gasteiger partial charge in [-0.25, -0.2) is 0 Å². The second-order valence-corrected chi connectivity index (χ2v) is 7.25. The minimum absolute atomic E-state index is 0.185. The Labute approximate surface area is 131 Å². The van der Waals surface area contributed by atoms with Crippen LogP contribution in [0.5, 0.6) is 0 Å². The van der Waals surface area contributed by atoms with Crippen molar-refractivity contribution < 1.29 is 9.21 Å². The molecule has 5 heteroatoms. The van der Waals surface area contributed by atoms with E-state index in [-0.39, 0.29) is 11.9 Å². The average molecular weight is 310 g/mol. The average Bonchev–Trinajstić information content (AvgIpc) is 3.04. The number of rotatable bonds is 8. The Bertz CT molecular complexity index is 447. The highest BCUT2D eigenvalue weighted by Gasteiger charge is 2.47. The summed E-state index contributed by atoms with van der Waals surface area (Å²) in [7, 11) is 0. The molecule has 0 saturated heterocycles. The molecule has 4 nitrogen and oxygen atoms in total. The van der Waals surface area contributed by atoms with Crippen LogP contribution in [0.25, 0.3) is 0 Å². The largest absolute Gasteiger partial charge is 0.468 e. The van der Waals surface area contributed by atoms with Gasteiger partial charge in [0.05, 0.1) is 12.0 Å². The molecule has 2 atom stereocenters. The zero-order valence-electron chi connectivity index (χ0n) is 12.9. The van der Waals surface area contributed by atoms with Gasteiger partial charge in [0.15, 0.2) is 0 Å². The van der Waals surface area contributed by atoms with Crippen LogP contribution in [0.1, 0.15) is 45.3 Å². The Morgan fingerprint density at radius 3 is 3.05 bits per heavy atom. The molecule has 1 saturated carbocycles. The summed E-state index contributed by atoms with van der Waals surface area (Å²) in [4.78, 5) is 12.0. The third kappa shape index (κ3) is 4.04. The molecule has 1 aromatic heterocycles. The molecule has 2 unspecified atom stereocenters. The maximum atomic E-state index is 12.0. The molecular formula is C16H26N2O2S. The fraction of sp³-hybridized carbons (Fsp3) is 0.688. The monoisotopic (exact) mass is 310 g/mol. The number of carbonyl (C=O) groups is 1. The summed E-state index contributed by atoms with van der Waals surface area (Å²) < 4.78 is 5.33. The van der Waals surface area contributed by atoms with Crippen molar-refractivity contribution in [3.63, 3.8) is 0 Å². The van der Waals surface area contributed by atoms with Crippen molar-refractivity contribution in [3.8, 4) is 0 Å². The van der Waals surface area contributed by atoms with Gasteiger partial charge in [-0.2, -0.15) is 11.8 Å². The highest BCUT2D eigenvalue weighted by Crippen LogP contribution is 2.39. The number of furan rings is 1. The van der Waals surface area contributed by atoms with E-state index in [1.54, 1.807) is 6.26 Å². The van der Waals surface area contributed by atoms with Crippen LogP contribution in [0.4, 0.5) is 0 Å². The van der Waals surface area contributed by atoms with Crippen LogP contribution in [0.15, 0.2) is 22.8 Å². The molecule has 1 amide bonds. The summed E-state index contributed by atoms with van der Waals surface area (Å²) >= 11 is 1.86. The van der Waals surface area contributed by atoms with Crippen LogP contribution < -0.4 is 11.1 Å². The summed E-state index contributed by atoms with van der Waals surface area (Å²) in [6.45, 7) is 4.15. The van der Waals surface area contributed by atoms with E-state index in [9.17, 15) is 4.79 Å². The molecule has 0 bridgehead atoms. The number of nitrogens with one attached hydrogen (secondary N) is 1. The Kier molecular flexibility index (Phi) is 5.76. The van der Waals surface area contributed by atoms with E-state index in [2.05, 4.69) is 19.2 Å². The molecule has 3 N–H and O–H groups in total. The second kappa shape index (κ2) is 7.36. The van der Waals surface area contributed by atoms with Crippen molar-refractivity contribution in [1.29, 1.82) is 0 Å². The topological polar surface area (TPSA) is 68.3 Å². The first-order chi connectivity index (χ1) is 10.0. The number of hydrogen-bond acceptors (Lipinski definition) is 4. The van der Waals surface area contributed by atoms with Gasteiger partial charge in [-0.05, 0) is 56.9 Å². The van der Waals surface area contributed by atoms with E-state index in [4.69, 9.17) is 10.2 Å². The Hall–Kier alpha value is -0.940. The van der Waals surface area contributed by atoms with Crippen molar-refractivity contribution >= 4 is 17.7 Å². The maximum Gasteiger partial charge on any atom is 0.238 e. The lowest BCUT2D eigenvalue weighted by molar-refractivity contribution is -0.126. The van der Waals surface area contributed by atoms with Crippen molar-refractivity contribution in [2.75, 3.05) is 5.75 Å². The molecule has 1 heterocycles. The van der Waals surface area contributed by atoms with Crippen molar-refractivity contribution in [2.24, 2.45) is 11.7 Å². The first kappa shape index (κ1) is 16.4. The predicted octanol–water partition coefficient (Wildman–Crippen LogP) is 2.93. The van der Waals surface area contributed by atoms with Gasteiger partial charge in [0.2, 0.25) is 5.91 Å². The molecule has 21 heavy (non-hydrogen) atoms. The summed E-state index contributed by atoms with van der Waals surface area (Å²) in [5, 5.41) is 3.46. The number of carbonyl (C=O) groups excluding carboxylic acids is 1. The molecule has 0 aromatic carbocycles. The van der Waals surface area contributed by atoms with Gasteiger partial charge in [0.25, 0.3) is 0 Å². The Balaban J connectivity index is 1.86.